The van der Waals surface area contributed by atoms with Crippen LogP contribution in [-0.2, 0) is 18.4 Å². The van der Waals surface area contributed by atoms with E-state index in [1.165, 1.54) is 128 Å². The molecule has 0 rings (SSSR count). The van der Waals surface area contributed by atoms with Crippen LogP contribution < -0.4 is 5.32 Å². The average Bonchev–Trinajstić information content (AvgIpc) is 3.20. The van der Waals surface area contributed by atoms with E-state index < -0.39 is 20.0 Å². The zero-order chi connectivity index (χ0) is 44.3. The molecule has 3 atom stereocenters. The van der Waals surface area contributed by atoms with Crippen LogP contribution in [0.2, 0.25) is 0 Å². The Balaban J connectivity index is 4.24. The molecule has 0 fully saturated rings. The van der Waals surface area contributed by atoms with Crippen molar-refractivity contribution in [1.29, 1.82) is 0 Å². The van der Waals surface area contributed by atoms with Gasteiger partial charge in [-0.3, -0.25) is 13.8 Å². The van der Waals surface area contributed by atoms with E-state index in [1.54, 1.807) is 6.08 Å². The Morgan fingerprint density at radius 3 is 1.40 bits per heavy atom. The van der Waals surface area contributed by atoms with Crippen LogP contribution in [-0.4, -0.2) is 73.4 Å². The molecule has 8 nitrogen and oxygen atoms in total. The molecule has 1 amide bonds. The number of likely N-dealkylation sites (N-methyl/N-ethyl adjacent to an activating group) is 1. The number of hydrogen-bond donors (Lipinski definition) is 3. The maximum atomic E-state index is 12.8. The number of unbranched alkanes of at least 4 members (excludes halogenated alkanes) is 26. The molecule has 9 heteroatoms. The summed E-state index contributed by atoms with van der Waals surface area (Å²) in [5.41, 5.74) is 0. The Hall–Kier alpha value is -1.54. The molecule has 0 bridgehead atoms. The summed E-state index contributed by atoms with van der Waals surface area (Å²) in [6.45, 7) is 4.71. The highest BCUT2D eigenvalue weighted by atomic mass is 31.2. The molecule has 0 heterocycles. The summed E-state index contributed by atoms with van der Waals surface area (Å²) in [6, 6.07) is -0.873. The summed E-state index contributed by atoms with van der Waals surface area (Å²) >= 11 is 0. The molecule has 0 radical (unpaired) electrons. The van der Waals surface area contributed by atoms with Crippen LogP contribution in [0.5, 0.6) is 0 Å². The van der Waals surface area contributed by atoms with Crippen LogP contribution in [0.3, 0.4) is 0 Å². The Morgan fingerprint density at radius 2 is 0.950 bits per heavy atom. The van der Waals surface area contributed by atoms with Crippen LogP contribution in [0, 0.1) is 0 Å². The minimum atomic E-state index is -4.35. The summed E-state index contributed by atoms with van der Waals surface area (Å²) in [4.78, 5) is 23.1. The second kappa shape index (κ2) is 42.7. The molecule has 0 aliphatic carbocycles. The van der Waals surface area contributed by atoms with E-state index in [4.69, 9.17) is 9.05 Å². The maximum absolute atomic E-state index is 12.8. The number of nitrogens with zero attached hydrogens (tertiary/aromatic N) is 1. The third-order valence-corrected chi connectivity index (χ3v) is 12.0. The quantitative estimate of drug-likeness (QED) is 0.0244. The lowest BCUT2D eigenvalue weighted by Gasteiger charge is -2.25. The fourth-order valence-electron chi connectivity index (χ4n) is 7.02. The zero-order valence-corrected chi connectivity index (χ0v) is 40.8. The van der Waals surface area contributed by atoms with Crippen molar-refractivity contribution < 1.29 is 32.9 Å². The number of phosphoric ester groups is 1. The highest BCUT2D eigenvalue weighted by Crippen LogP contribution is 2.43. The van der Waals surface area contributed by atoms with E-state index >= 15 is 0 Å². The van der Waals surface area contributed by atoms with Crippen molar-refractivity contribution in [3.63, 3.8) is 0 Å². The summed E-state index contributed by atoms with van der Waals surface area (Å²) in [6.07, 6.45) is 55.1. The Kier molecular flexibility index (Phi) is 41.6. The molecule has 0 aliphatic heterocycles. The highest BCUT2D eigenvalue weighted by Gasteiger charge is 2.27. The number of phosphoric acid groups is 1. The van der Waals surface area contributed by atoms with Crippen LogP contribution in [0.4, 0.5) is 0 Å². The lowest BCUT2D eigenvalue weighted by atomic mass is 10.0. The molecule has 3 unspecified atom stereocenters. The summed E-state index contributed by atoms with van der Waals surface area (Å²) in [7, 11) is 1.54. The molecule has 0 spiro atoms. The number of amides is 1. The molecule has 3 N–H and O–H groups in total. The lowest BCUT2D eigenvalue weighted by Crippen LogP contribution is -2.45. The number of carbonyl (C=O) groups excluding carboxylic acids is 1. The van der Waals surface area contributed by atoms with Crippen LogP contribution >= 0.6 is 7.82 Å². The van der Waals surface area contributed by atoms with Crippen molar-refractivity contribution in [1.82, 2.24) is 5.32 Å². The number of rotatable bonds is 45. The second-order valence-corrected chi connectivity index (χ2v) is 19.6. The number of aliphatic hydroxyl groups is 1. The fraction of sp³-hybridized carbons (Fsp3) is 0.824. The first-order chi connectivity index (χ1) is 29.0. The highest BCUT2D eigenvalue weighted by molar-refractivity contribution is 7.47. The molecule has 352 valence electrons. The molecule has 60 heavy (non-hydrogen) atoms. The molecular formula is C51H98N2O6P+. The van der Waals surface area contributed by atoms with Gasteiger partial charge in [-0.2, -0.15) is 0 Å². The van der Waals surface area contributed by atoms with Gasteiger partial charge in [0.15, 0.2) is 0 Å². The summed E-state index contributed by atoms with van der Waals surface area (Å²) in [5, 5.41) is 13.8. The number of quaternary nitrogens is 1. The fourth-order valence-corrected chi connectivity index (χ4v) is 7.75. The first kappa shape index (κ1) is 58.5. The van der Waals surface area contributed by atoms with Gasteiger partial charge in [-0.25, -0.2) is 4.57 Å². The van der Waals surface area contributed by atoms with Crippen molar-refractivity contribution >= 4 is 13.7 Å². The molecule has 0 aliphatic rings. The summed E-state index contributed by atoms with van der Waals surface area (Å²) in [5.74, 6) is -0.204. The van der Waals surface area contributed by atoms with Crippen molar-refractivity contribution in [2.75, 3.05) is 40.9 Å². The van der Waals surface area contributed by atoms with Gasteiger partial charge in [0.2, 0.25) is 5.91 Å². The lowest BCUT2D eigenvalue weighted by molar-refractivity contribution is -0.870. The van der Waals surface area contributed by atoms with Gasteiger partial charge in [-0.1, -0.05) is 197 Å². The van der Waals surface area contributed by atoms with Gasteiger partial charge in [0.05, 0.1) is 39.9 Å². The molecule has 0 saturated heterocycles. The van der Waals surface area contributed by atoms with Crippen LogP contribution in [0.25, 0.3) is 0 Å². The molecule has 0 aromatic rings. The van der Waals surface area contributed by atoms with Crippen molar-refractivity contribution in [3.05, 3.63) is 48.6 Å². The van der Waals surface area contributed by atoms with Gasteiger partial charge in [0.1, 0.15) is 13.2 Å². The van der Waals surface area contributed by atoms with Gasteiger partial charge >= 0.3 is 7.82 Å². The minimum absolute atomic E-state index is 0.0508. The number of aliphatic hydroxyl groups excluding tert-OH is 1. The monoisotopic (exact) mass is 866 g/mol. The number of nitrogens with one attached hydrogen (secondary N) is 1. The number of allylic oxidation sites excluding steroid dienone is 7. The standard InChI is InChI=1S/C51H97N2O6P/c1-6-8-10-12-14-16-18-19-20-21-22-23-24-25-26-27-28-29-30-31-32-33-34-35-36-38-40-42-44-50(54)49(48-59-60(56,57)58-47-46-53(3,4)5)52-51(55)45-43-41-39-37-17-15-13-11-9-7-2/h11,13,31-32,35-36,42,44,49-50,54H,6-10,12,14-30,33-34,37-41,43,45-48H2,1-5H3,(H-,52,55,56,57)/p+1/b13-11-,32-31+,36-35+,44-42+. The normalized spacial score (nSPS) is 14.6. The Bertz CT molecular complexity index is 1120. The largest absolute Gasteiger partial charge is 0.472 e. The zero-order valence-electron chi connectivity index (χ0n) is 39.9. The molecule has 0 aromatic heterocycles. The van der Waals surface area contributed by atoms with E-state index in [2.05, 4.69) is 55.6 Å². The van der Waals surface area contributed by atoms with E-state index in [-0.39, 0.29) is 19.1 Å². The van der Waals surface area contributed by atoms with E-state index in [0.717, 1.165) is 70.6 Å². The van der Waals surface area contributed by atoms with E-state index in [1.807, 2.05) is 27.2 Å². The van der Waals surface area contributed by atoms with Gasteiger partial charge in [0.25, 0.3) is 0 Å². The smallest absolute Gasteiger partial charge is 0.387 e. The minimum Gasteiger partial charge on any atom is -0.387 e. The van der Waals surface area contributed by atoms with Crippen molar-refractivity contribution in [3.8, 4) is 0 Å². The first-order valence-electron chi connectivity index (χ1n) is 25.0. The SMILES string of the molecule is CCC/C=C\CCCCCCCC(=O)NC(COP(=O)(O)OCC[N+](C)(C)C)C(O)/C=C/CC/C=C/CC/C=C/CCCCCCCCCCCCCCCCCCCC. The summed E-state index contributed by atoms with van der Waals surface area (Å²) < 4.78 is 23.5. The van der Waals surface area contributed by atoms with Gasteiger partial charge in [-0.05, 0) is 64.2 Å². The van der Waals surface area contributed by atoms with Crippen LogP contribution in [0.15, 0.2) is 48.6 Å². The predicted molar refractivity (Wildman–Crippen MR) is 258 cm³/mol. The van der Waals surface area contributed by atoms with Gasteiger partial charge in [-0.15, -0.1) is 0 Å². The third-order valence-electron chi connectivity index (χ3n) is 11.0. The molecule has 0 aromatic carbocycles. The second-order valence-electron chi connectivity index (χ2n) is 18.2. The van der Waals surface area contributed by atoms with E-state index in [0.29, 0.717) is 17.4 Å². The Labute approximate surface area is 371 Å². The van der Waals surface area contributed by atoms with Crippen LogP contribution in [0.1, 0.15) is 219 Å². The van der Waals surface area contributed by atoms with Crippen molar-refractivity contribution in [2.24, 2.45) is 0 Å². The predicted octanol–water partition coefficient (Wildman–Crippen LogP) is 14.4. The van der Waals surface area contributed by atoms with Crippen molar-refractivity contribution in [2.45, 2.75) is 231 Å². The third kappa shape index (κ3) is 44.5. The topological polar surface area (TPSA) is 105 Å². The first-order valence-corrected chi connectivity index (χ1v) is 26.5. The number of carbonyl (C=O) groups is 1. The molecular weight excluding hydrogens is 768 g/mol. The maximum Gasteiger partial charge on any atom is 0.472 e. The Morgan fingerprint density at radius 1 is 0.550 bits per heavy atom. The van der Waals surface area contributed by atoms with Gasteiger partial charge < -0.3 is 19.8 Å². The average molecular weight is 866 g/mol. The van der Waals surface area contributed by atoms with Gasteiger partial charge in [0, 0.05) is 6.42 Å². The van der Waals surface area contributed by atoms with E-state index in [9.17, 15) is 19.4 Å². The number of hydrogen-bond acceptors (Lipinski definition) is 5. The molecule has 0 saturated carbocycles.